The van der Waals surface area contributed by atoms with Gasteiger partial charge in [0.1, 0.15) is 0 Å². The Morgan fingerprint density at radius 1 is 1.23 bits per heavy atom. The molecule has 5 rings (SSSR count). The van der Waals surface area contributed by atoms with E-state index in [9.17, 15) is 9.59 Å². The number of hydrogen-bond acceptors (Lipinski definition) is 6. The van der Waals surface area contributed by atoms with Gasteiger partial charge in [0, 0.05) is 47.2 Å². The Labute approximate surface area is 187 Å². The Morgan fingerprint density at radius 2 is 2.06 bits per heavy atom. The van der Waals surface area contributed by atoms with Crippen molar-refractivity contribution in [3.8, 4) is 11.5 Å². The maximum absolute atomic E-state index is 12.8. The number of amides is 2. The molecule has 0 bridgehead atoms. The fraction of sp³-hybridized carbons (Fsp3) is 0.227. The van der Waals surface area contributed by atoms with Crippen LogP contribution in [0, 0.1) is 5.92 Å². The van der Waals surface area contributed by atoms with Gasteiger partial charge in [-0.1, -0.05) is 29.8 Å². The van der Waals surface area contributed by atoms with Gasteiger partial charge < -0.3 is 19.7 Å². The van der Waals surface area contributed by atoms with Crippen LogP contribution in [-0.4, -0.2) is 30.1 Å². The monoisotopic (exact) mass is 455 g/mol. The number of halogens is 1. The second-order valence-corrected chi connectivity index (χ2v) is 8.85. The van der Waals surface area contributed by atoms with Gasteiger partial charge in [-0.25, -0.2) is 4.98 Å². The summed E-state index contributed by atoms with van der Waals surface area (Å²) >= 11 is 7.63. The van der Waals surface area contributed by atoms with E-state index in [4.69, 9.17) is 21.1 Å². The molecule has 0 radical (unpaired) electrons. The smallest absolute Gasteiger partial charge is 0.231 e. The summed E-state index contributed by atoms with van der Waals surface area (Å²) in [6.07, 6.45) is 2.54. The topological polar surface area (TPSA) is 80.8 Å². The number of hydrogen-bond donors (Lipinski definition) is 1. The van der Waals surface area contributed by atoms with Crippen molar-refractivity contribution in [2.45, 2.75) is 12.8 Å². The number of carbonyl (C=O) groups excluding carboxylic acids is 2. The SMILES string of the molecule is O=C(Nc1ncc(Cc2ccccc2Cl)s1)C1CC(=O)N(c2ccc3c(c2)OCO3)C1. The summed E-state index contributed by atoms with van der Waals surface area (Å²) in [5, 5.41) is 4.07. The highest BCUT2D eigenvalue weighted by Crippen LogP contribution is 2.37. The molecule has 0 saturated carbocycles. The summed E-state index contributed by atoms with van der Waals surface area (Å²) in [5.74, 6) is 0.495. The van der Waals surface area contributed by atoms with Gasteiger partial charge in [0.15, 0.2) is 16.6 Å². The van der Waals surface area contributed by atoms with E-state index in [1.807, 2.05) is 24.3 Å². The van der Waals surface area contributed by atoms with Crippen LogP contribution in [0.1, 0.15) is 16.9 Å². The molecule has 2 aromatic carbocycles. The Kier molecular flexibility index (Phi) is 5.25. The van der Waals surface area contributed by atoms with Crippen molar-refractivity contribution in [3.63, 3.8) is 0 Å². The molecule has 0 spiro atoms. The van der Waals surface area contributed by atoms with Crippen molar-refractivity contribution >= 4 is 45.6 Å². The van der Waals surface area contributed by atoms with Gasteiger partial charge >= 0.3 is 0 Å². The minimum atomic E-state index is -0.450. The fourth-order valence-electron chi connectivity index (χ4n) is 3.67. The summed E-state index contributed by atoms with van der Waals surface area (Å²) in [7, 11) is 0. The molecule has 7 nitrogen and oxygen atoms in total. The highest BCUT2D eigenvalue weighted by molar-refractivity contribution is 7.15. The molecule has 1 saturated heterocycles. The highest BCUT2D eigenvalue weighted by Gasteiger charge is 2.36. The predicted molar refractivity (Wildman–Crippen MR) is 118 cm³/mol. The number of fused-ring (bicyclic) bond motifs is 1. The Morgan fingerprint density at radius 3 is 2.94 bits per heavy atom. The third-order valence-electron chi connectivity index (χ3n) is 5.27. The summed E-state index contributed by atoms with van der Waals surface area (Å²) < 4.78 is 10.7. The highest BCUT2D eigenvalue weighted by atomic mass is 35.5. The van der Waals surface area contributed by atoms with Crippen LogP contribution in [0.4, 0.5) is 10.8 Å². The van der Waals surface area contributed by atoms with Crippen molar-refractivity contribution in [1.82, 2.24) is 4.98 Å². The van der Waals surface area contributed by atoms with Gasteiger partial charge in [-0.2, -0.15) is 0 Å². The molecule has 1 unspecified atom stereocenters. The first kappa shape index (κ1) is 19.8. The molecular formula is C22H18ClN3O4S. The summed E-state index contributed by atoms with van der Waals surface area (Å²) in [6.45, 7) is 0.478. The van der Waals surface area contributed by atoms with Crippen LogP contribution in [0.3, 0.4) is 0 Å². The zero-order chi connectivity index (χ0) is 21.4. The van der Waals surface area contributed by atoms with E-state index in [-0.39, 0.29) is 25.0 Å². The van der Waals surface area contributed by atoms with Gasteiger partial charge in [-0.3, -0.25) is 9.59 Å². The van der Waals surface area contributed by atoms with Crippen LogP contribution in [0.25, 0.3) is 0 Å². The normalized spacial score (nSPS) is 17.3. The number of aromatic nitrogens is 1. The number of anilines is 2. The minimum Gasteiger partial charge on any atom is -0.454 e. The number of ether oxygens (including phenoxy) is 2. The minimum absolute atomic E-state index is 0.0995. The molecule has 1 atom stereocenters. The first-order chi connectivity index (χ1) is 15.1. The van der Waals surface area contributed by atoms with E-state index in [1.165, 1.54) is 11.3 Å². The molecule has 1 aromatic heterocycles. The first-order valence-electron chi connectivity index (χ1n) is 9.76. The Bertz CT molecular complexity index is 1170. The molecule has 0 aliphatic carbocycles. The zero-order valence-corrected chi connectivity index (χ0v) is 17.9. The molecule has 31 heavy (non-hydrogen) atoms. The first-order valence-corrected chi connectivity index (χ1v) is 11.0. The number of nitrogens with one attached hydrogen (secondary N) is 1. The van der Waals surface area contributed by atoms with Gasteiger partial charge in [0.2, 0.25) is 18.6 Å². The molecule has 2 aliphatic rings. The zero-order valence-electron chi connectivity index (χ0n) is 16.3. The molecule has 158 valence electrons. The lowest BCUT2D eigenvalue weighted by atomic mass is 10.1. The predicted octanol–water partition coefficient (Wildman–Crippen LogP) is 4.11. The molecular weight excluding hydrogens is 438 g/mol. The van der Waals surface area contributed by atoms with Gasteiger partial charge in [0.25, 0.3) is 0 Å². The average molecular weight is 456 g/mol. The van der Waals surface area contributed by atoms with Crippen molar-refractivity contribution in [2.75, 3.05) is 23.6 Å². The molecule has 3 aromatic rings. The third-order valence-corrected chi connectivity index (χ3v) is 6.55. The quantitative estimate of drug-likeness (QED) is 0.626. The summed E-state index contributed by atoms with van der Waals surface area (Å²) in [4.78, 5) is 32.2. The van der Waals surface area contributed by atoms with Gasteiger partial charge in [-0.15, -0.1) is 11.3 Å². The molecule has 1 fully saturated rings. The van der Waals surface area contributed by atoms with Crippen LogP contribution in [0.2, 0.25) is 5.02 Å². The lowest BCUT2D eigenvalue weighted by Gasteiger charge is -2.17. The second-order valence-electron chi connectivity index (χ2n) is 7.33. The van der Waals surface area contributed by atoms with E-state index in [2.05, 4.69) is 10.3 Å². The molecule has 3 heterocycles. The van der Waals surface area contributed by atoms with Gasteiger partial charge in [-0.05, 0) is 23.8 Å². The molecule has 2 amide bonds. The lowest BCUT2D eigenvalue weighted by Crippen LogP contribution is -2.28. The van der Waals surface area contributed by atoms with Gasteiger partial charge in [0.05, 0.1) is 5.92 Å². The summed E-state index contributed by atoms with van der Waals surface area (Å²) in [6, 6.07) is 13.0. The Hall–Kier alpha value is -3.10. The van der Waals surface area contributed by atoms with Crippen LogP contribution in [-0.2, 0) is 16.0 Å². The number of benzene rings is 2. The largest absolute Gasteiger partial charge is 0.454 e. The van der Waals surface area contributed by atoms with Crippen molar-refractivity contribution in [1.29, 1.82) is 0 Å². The van der Waals surface area contributed by atoms with Crippen molar-refractivity contribution < 1.29 is 19.1 Å². The standard InChI is InChI=1S/C22H18ClN3O4S/c23-17-4-2-1-3-13(17)7-16-10-24-22(31-16)25-21(28)14-8-20(27)26(11-14)15-5-6-18-19(9-15)30-12-29-18/h1-6,9-10,14H,7-8,11-12H2,(H,24,25,28). The van der Waals surface area contributed by atoms with Crippen LogP contribution in [0.15, 0.2) is 48.7 Å². The number of carbonyl (C=O) groups is 2. The molecule has 1 N–H and O–H groups in total. The number of rotatable bonds is 5. The van der Waals surface area contributed by atoms with Crippen LogP contribution >= 0.6 is 22.9 Å². The maximum Gasteiger partial charge on any atom is 0.231 e. The third kappa shape index (κ3) is 4.08. The van der Waals surface area contributed by atoms with Crippen molar-refractivity contribution in [3.05, 3.63) is 64.1 Å². The van der Waals surface area contributed by atoms with E-state index in [1.54, 1.807) is 29.3 Å². The molecule has 9 heteroatoms. The lowest BCUT2D eigenvalue weighted by molar-refractivity contribution is -0.122. The van der Waals surface area contributed by atoms with E-state index < -0.39 is 5.92 Å². The molecule has 2 aliphatic heterocycles. The van der Waals surface area contributed by atoms with E-state index in [0.717, 1.165) is 10.4 Å². The van der Waals surface area contributed by atoms with Crippen molar-refractivity contribution in [2.24, 2.45) is 5.92 Å². The van der Waals surface area contributed by atoms with E-state index >= 15 is 0 Å². The fourth-order valence-corrected chi connectivity index (χ4v) is 4.71. The van der Waals surface area contributed by atoms with Crippen LogP contribution in [0.5, 0.6) is 11.5 Å². The number of nitrogens with zero attached hydrogens (tertiary/aromatic N) is 2. The van der Waals surface area contributed by atoms with E-state index in [0.29, 0.717) is 40.3 Å². The number of thiazole rings is 1. The summed E-state index contributed by atoms with van der Waals surface area (Å²) in [5.41, 5.74) is 1.70. The second kappa shape index (κ2) is 8.20. The maximum atomic E-state index is 12.8. The average Bonchev–Trinajstić information content (AvgIpc) is 3.49. The van der Waals surface area contributed by atoms with Crippen LogP contribution < -0.4 is 19.7 Å². The Balaban J connectivity index is 1.23.